The Morgan fingerprint density at radius 1 is 1.14 bits per heavy atom. The Morgan fingerprint density at radius 2 is 1.93 bits per heavy atom. The molecule has 3 aromatic rings. The highest BCUT2D eigenvalue weighted by Crippen LogP contribution is 2.23. The summed E-state index contributed by atoms with van der Waals surface area (Å²) >= 11 is 1.71. The highest BCUT2D eigenvalue weighted by atomic mass is 32.1. The average molecular weight is 408 g/mol. The first kappa shape index (κ1) is 19.2. The molecule has 1 fully saturated rings. The van der Waals surface area contributed by atoms with Gasteiger partial charge in [0.1, 0.15) is 5.01 Å². The Balaban J connectivity index is 1.31. The molecule has 1 amide bonds. The standard InChI is InChI=1S/C21H20N4O3S/c26-21(9-8-16-4-3-5-17(14-16)25(27)28)24-12-10-23(11-13-24)15-20-22-18-6-1-2-7-19(18)29-20/h1-9,14H,10-13,15H2/b9-8+. The topological polar surface area (TPSA) is 79.6 Å². The second-order valence-electron chi connectivity index (χ2n) is 6.86. The molecule has 1 saturated heterocycles. The summed E-state index contributed by atoms with van der Waals surface area (Å²) in [6.45, 7) is 3.70. The van der Waals surface area contributed by atoms with Crippen LogP contribution in [0.4, 0.5) is 5.69 Å². The molecule has 0 aliphatic carbocycles. The number of amides is 1. The summed E-state index contributed by atoms with van der Waals surface area (Å²) in [5.41, 5.74) is 1.69. The van der Waals surface area contributed by atoms with Gasteiger partial charge in [0.05, 0.1) is 21.7 Å². The molecule has 29 heavy (non-hydrogen) atoms. The first-order valence-corrected chi connectivity index (χ1v) is 10.2. The summed E-state index contributed by atoms with van der Waals surface area (Å²) in [7, 11) is 0. The minimum atomic E-state index is -0.441. The second kappa shape index (κ2) is 8.50. The van der Waals surface area contributed by atoms with Crippen molar-refractivity contribution in [1.82, 2.24) is 14.8 Å². The Labute approximate surface area is 172 Å². The van der Waals surface area contributed by atoms with Gasteiger partial charge in [0.25, 0.3) is 5.69 Å². The van der Waals surface area contributed by atoms with Crippen LogP contribution in [0.1, 0.15) is 10.6 Å². The van der Waals surface area contributed by atoms with Crippen LogP contribution >= 0.6 is 11.3 Å². The van der Waals surface area contributed by atoms with Gasteiger partial charge in [0.15, 0.2) is 0 Å². The number of carbonyl (C=O) groups excluding carboxylic acids is 1. The van der Waals surface area contributed by atoms with E-state index in [1.54, 1.807) is 29.5 Å². The Hall–Kier alpha value is -3.10. The molecule has 1 aliphatic rings. The van der Waals surface area contributed by atoms with E-state index in [0.29, 0.717) is 18.7 Å². The molecule has 0 radical (unpaired) electrons. The van der Waals surface area contributed by atoms with Crippen LogP contribution in [0.15, 0.2) is 54.6 Å². The number of nitrogens with zero attached hydrogens (tertiary/aromatic N) is 4. The van der Waals surface area contributed by atoms with Crippen molar-refractivity contribution >= 4 is 39.2 Å². The predicted octanol–water partition coefficient (Wildman–Crippen LogP) is 3.56. The number of benzene rings is 2. The van der Waals surface area contributed by atoms with Crippen LogP contribution in [0.5, 0.6) is 0 Å². The van der Waals surface area contributed by atoms with Gasteiger partial charge >= 0.3 is 0 Å². The molecular formula is C21H20N4O3S. The summed E-state index contributed by atoms with van der Waals surface area (Å²) in [4.78, 5) is 31.7. The Kier molecular flexibility index (Phi) is 5.64. The third-order valence-electron chi connectivity index (χ3n) is 4.88. The third-order valence-corrected chi connectivity index (χ3v) is 5.90. The SMILES string of the molecule is O=C(/C=C/c1cccc([N+](=O)[O-])c1)N1CCN(Cc2nc3ccccc3s2)CC1. The number of rotatable bonds is 5. The van der Waals surface area contributed by atoms with E-state index in [1.807, 2.05) is 23.1 Å². The van der Waals surface area contributed by atoms with Crippen LogP contribution in [0.3, 0.4) is 0 Å². The van der Waals surface area contributed by atoms with Gasteiger partial charge in [-0.05, 0) is 23.8 Å². The second-order valence-corrected chi connectivity index (χ2v) is 7.98. The molecule has 0 saturated carbocycles. The van der Waals surface area contributed by atoms with Gasteiger partial charge < -0.3 is 4.90 Å². The summed E-state index contributed by atoms with van der Waals surface area (Å²) in [6.07, 6.45) is 3.12. The number of thiazole rings is 1. The van der Waals surface area contributed by atoms with Crippen molar-refractivity contribution in [3.8, 4) is 0 Å². The highest BCUT2D eigenvalue weighted by molar-refractivity contribution is 7.18. The molecule has 0 N–H and O–H groups in total. The largest absolute Gasteiger partial charge is 0.337 e. The van der Waals surface area contributed by atoms with Gasteiger partial charge in [0, 0.05) is 44.4 Å². The fourth-order valence-electron chi connectivity index (χ4n) is 3.32. The number of nitro benzene ring substituents is 1. The first-order valence-electron chi connectivity index (χ1n) is 9.37. The molecule has 4 rings (SSSR count). The van der Waals surface area contributed by atoms with Crippen molar-refractivity contribution in [1.29, 1.82) is 0 Å². The van der Waals surface area contributed by atoms with E-state index in [4.69, 9.17) is 0 Å². The van der Waals surface area contributed by atoms with Crippen molar-refractivity contribution < 1.29 is 9.72 Å². The van der Waals surface area contributed by atoms with Crippen LogP contribution in [-0.2, 0) is 11.3 Å². The minimum Gasteiger partial charge on any atom is -0.337 e. The van der Waals surface area contributed by atoms with E-state index in [9.17, 15) is 14.9 Å². The van der Waals surface area contributed by atoms with Gasteiger partial charge in [-0.25, -0.2) is 4.98 Å². The third kappa shape index (κ3) is 4.67. The van der Waals surface area contributed by atoms with Crippen molar-refractivity contribution in [2.24, 2.45) is 0 Å². The molecule has 2 aromatic carbocycles. The maximum Gasteiger partial charge on any atom is 0.270 e. The summed E-state index contributed by atoms with van der Waals surface area (Å²) in [6, 6.07) is 14.4. The first-order chi connectivity index (χ1) is 14.1. The number of non-ortho nitro benzene ring substituents is 1. The maximum atomic E-state index is 12.4. The zero-order valence-electron chi connectivity index (χ0n) is 15.7. The molecule has 0 unspecified atom stereocenters. The number of carbonyl (C=O) groups is 1. The molecule has 1 aromatic heterocycles. The number of hydrogen-bond donors (Lipinski definition) is 0. The van der Waals surface area contributed by atoms with Crippen LogP contribution < -0.4 is 0 Å². The quantitative estimate of drug-likeness (QED) is 0.366. The van der Waals surface area contributed by atoms with E-state index in [2.05, 4.69) is 16.0 Å². The number of hydrogen-bond acceptors (Lipinski definition) is 6. The lowest BCUT2D eigenvalue weighted by atomic mass is 10.2. The van der Waals surface area contributed by atoms with E-state index >= 15 is 0 Å². The van der Waals surface area contributed by atoms with Crippen molar-refractivity contribution in [3.63, 3.8) is 0 Å². The summed E-state index contributed by atoms with van der Waals surface area (Å²) in [5, 5.41) is 11.9. The zero-order chi connectivity index (χ0) is 20.2. The lowest BCUT2D eigenvalue weighted by Gasteiger charge is -2.33. The predicted molar refractivity (Wildman–Crippen MR) is 114 cm³/mol. The molecule has 2 heterocycles. The van der Waals surface area contributed by atoms with Gasteiger partial charge in [-0.1, -0.05) is 24.3 Å². The van der Waals surface area contributed by atoms with Crippen LogP contribution in [0.25, 0.3) is 16.3 Å². The lowest BCUT2D eigenvalue weighted by molar-refractivity contribution is -0.384. The van der Waals surface area contributed by atoms with Crippen molar-refractivity contribution in [2.45, 2.75) is 6.54 Å². The van der Waals surface area contributed by atoms with Gasteiger partial charge in [-0.2, -0.15) is 0 Å². The van der Waals surface area contributed by atoms with E-state index in [0.717, 1.165) is 30.2 Å². The van der Waals surface area contributed by atoms with Crippen molar-refractivity contribution in [3.05, 3.63) is 75.3 Å². The van der Waals surface area contributed by atoms with Crippen LogP contribution in [0.2, 0.25) is 0 Å². The molecule has 0 spiro atoms. The normalized spacial score (nSPS) is 15.2. The fourth-order valence-corrected chi connectivity index (χ4v) is 4.33. The fraction of sp³-hybridized carbons (Fsp3) is 0.238. The number of para-hydroxylation sites is 1. The smallest absolute Gasteiger partial charge is 0.270 e. The van der Waals surface area contributed by atoms with Crippen molar-refractivity contribution in [2.75, 3.05) is 26.2 Å². The van der Waals surface area contributed by atoms with Crippen LogP contribution in [-0.4, -0.2) is 51.8 Å². The lowest BCUT2D eigenvalue weighted by Crippen LogP contribution is -2.47. The highest BCUT2D eigenvalue weighted by Gasteiger charge is 2.20. The maximum absolute atomic E-state index is 12.4. The average Bonchev–Trinajstić information content (AvgIpc) is 3.15. The van der Waals surface area contributed by atoms with E-state index in [-0.39, 0.29) is 11.6 Å². The van der Waals surface area contributed by atoms with Gasteiger partial charge in [0.2, 0.25) is 5.91 Å². The summed E-state index contributed by atoms with van der Waals surface area (Å²) < 4.78 is 1.20. The number of fused-ring (bicyclic) bond motifs is 1. The molecule has 0 atom stereocenters. The Bertz CT molecular complexity index is 1040. The van der Waals surface area contributed by atoms with E-state index in [1.165, 1.54) is 22.9 Å². The van der Waals surface area contributed by atoms with Crippen LogP contribution in [0, 0.1) is 10.1 Å². The molecule has 1 aliphatic heterocycles. The van der Waals surface area contributed by atoms with Gasteiger partial charge in [-0.3, -0.25) is 19.8 Å². The number of piperazine rings is 1. The molecule has 0 bridgehead atoms. The number of nitro groups is 1. The minimum absolute atomic E-state index is 0.0167. The van der Waals surface area contributed by atoms with E-state index < -0.39 is 4.92 Å². The zero-order valence-corrected chi connectivity index (χ0v) is 16.5. The molecule has 8 heteroatoms. The Morgan fingerprint density at radius 3 is 2.69 bits per heavy atom. The monoisotopic (exact) mass is 408 g/mol. The van der Waals surface area contributed by atoms with Gasteiger partial charge in [-0.15, -0.1) is 11.3 Å². The molecule has 148 valence electrons. The summed E-state index contributed by atoms with van der Waals surface area (Å²) in [5.74, 6) is -0.0730. The molecule has 7 nitrogen and oxygen atoms in total. The number of aromatic nitrogens is 1. The molecular weight excluding hydrogens is 388 g/mol.